The van der Waals surface area contributed by atoms with Gasteiger partial charge in [-0.2, -0.15) is 13.5 Å². The van der Waals surface area contributed by atoms with Gasteiger partial charge < -0.3 is 14.7 Å². The first-order valence-electron chi connectivity index (χ1n) is 6.41. The van der Waals surface area contributed by atoms with Crippen molar-refractivity contribution in [2.45, 2.75) is 12.1 Å². The van der Waals surface area contributed by atoms with Crippen LogP contribution in [0.25, 0.3) is 0 Å². The lowest BCUT2D eigenvalue weighted by Gasteiger charge is -2.31. The summed E-state index contributed by atoms with van der Waals surface area (Å²) in [5, 5.41) is 10.5. The number of amides is 2. The number of hydrogen-bond acceptors (Lipinski definition) is 7. The van der Waals surface area contributed by atoms with Crippen molar-refractivity contribution in [2.24, 2.45) is 0 Å². The summed E-state index contributed by atoms with van der Waals surface area (Å²) in [5.74, 6) is -0.989. The van der Waals surface area contributed by atoms with Crippen molar-refractivity contribution >= 4 is 22.4 Å². The molecule has 0 saturated carbocycles. The first-order chi connectivity index (χ1) is 10.7. The molecule has 1 aromatic rings. The standard InChI is InChI=1S/C12H12N2O8S/c1-21-11(16)10-6-3-2-4-8(15)9(6)7-5-13(10)12(17)14(7)22-23(18,19)20/h2-4,7,10,15H,5H2,1H3,(H,18,19,20)/t7-,10?/m1/s1. The lowest BCUT2D eigenvalue weighted by Crippen LogP contribution is -2.39. The topological polar surface area (TPSA) is 134 Å². The monoisotopic (exact) mass is 344 g/mol. The molecule has 11 heteroatoms. The predicted octanol–water partition coefficient (Wildman–Crippen LogP) is 0.133. The van der Waals surface area contributed by atoms with Crippen LogP contribution >= 0.6 is 0 Å². The van der Waals surface area contributed by atoms with Gasteiger partial charge in [-0.15, -0.1) is 4.28 Å². The minimum atomic E-state index is -4.96. The van der Waals surface area contributed by atoms with Gasteiger partial charge in [0.1, 0.15) is 11.8 Å². The number of phenolic OH excluding ortho intramolecular Hbond substituents is 1. The van der Waals surface area contributed by atoms with Gasteiger partial charge in [-0.3, -0.25) is 4.55 Å². The summed E-state index contributed by atoms with van der Waals surface area (Å²) in [7, 11) is -3.81. The molecule has 0 aromatic heterocycles. The lowest BCUT2D eigenvalue weighted by molar-refractivity contribution is -0.146. The van der Waals surface area contributed by atoms with Crippen molar-refractivity contribution in [1.29, 1.82) is 0 Å². The third kappa shape index (κ3) is 2.38. The molecule has 1 unspecified atom stereocenters. The van der Waals surface area contributed by atoms with Gasteiger partial charge in [-0.1, -0.05) is 12.1 Å². The summed E-state index contributed by atoms with van der Waals surface area (Å²) in [6.07, 6.45) is 0. The molecule has 2 bridgehead atoms. The highest BCUT2D eigenvalue weighted by Crippen LogP contribution is 2.47. The van der Waals surface area contributed by atoms with Gasteiger partial charge in [-0.25, -0.2) is 9.59 Å². The highest BCUT2D eigenvalue weighted by atomic mass is 32.3. The molecule has 2 aliphatic rings. The molecule has 2 amide bonds. The molecule has 2 atom stereocenters. The van der Waals surface area contributed by atoms with Crippen molar-refractivity contribution < 1.29 is 36.7 Å². The van der Waals surface area contributed by atoms with Crippen LogP contribution in [0.4, 0.5) is 4.79 Å². The number of fused-ring (bicyclic) bond motifs is 4. The van der Waals surface area contributed by atoms with E-state index in [0.717, 1.165) is 12.0 Å². The van der Waals surface area contributed by atoms with E-state index in [9.17, 15) is 23.1 Å². The number of ether oxygens (including phenoxy) is 1. The number of nitrogens with zero attached hydrogens (tertiary/aromatic N) is 2. The highest BCUT2D eigenvalue weighted by Gasteiger charge is 2.53. The number of carbonyl (C=O) groups excluding carboxylic acids is 2. The number of urea groups is 1. The first kappa shape index (κ1) is 15.5. The van der Waals surface area contributed by atoms with E-state index in [2.05, 4.69) is 9.02 Å². The van der Waals surface area contributed by atoms with E-state index < -0.39 is 34.5 Å². The zero-order valence-electron chi connectivity index (χ0n) is 11.7. The van der Waals surface area contributed by atoms with Crippen molar-refractivity contribution in [3.05, 3.63) is 29.3 Å². The summed E-state index contributed by atoms with van der Waals surface area (Å²) in [4.78, 5) is 25.4. The molecule has 124 valence electrons. The summed E-state index contributed by atoms with van der Waals surface area (Å²) in [6, 6.07) is 1.23. The molecule has 0 spiro atoms. The largest absolute Gasteiger partial charge is 0.508 e. The molecule has 1 aromatic carbocycles. The van der Waals surface area contributed by atoms with Gasteiger partial charge in [0.2, 0.25) is 0 Å². The Hall–Kier alpha value is -2.37. The van der Waals surface area contributed by atoms with Gasteiger partial charge in [0.25, 0.3) is 0 Å². The minimum Gasteiger partial charge on any atom is -0.508 e. The second-order valence-corrected chi connectivity index (χ2v) is 5.99. The van der Waals surface area contributed by atoms with E-state index >= 15 is 0 Å². The number of rotatable bonds is 3. The summed E-state index contributed by atoms with van der Waals surface area (Å²) in [5.41, 5.74) is 0.455. The van der Waals surface area contributed by atoms with Crippen LogP contribution in [0.3, 0.4) is 0 Å². The first-order valence-corrected chi connectivity index (χ1v) is 7.77. The molecule has 1 saturated heterocycles. The molecule has 0 radical (unpaired) electrons. The van der Waals surface area contributed by atoms with Crippen LogP contribution in [0, 0.1) is 0 Å². The van der Waals surface area contributed by atoms with Gasteiger partial charge in [0.15, 0.2) is 6.04 Å². The smallest absolute Gasteiger partial charge is 0.418 e. The van der Waals surface area contributed by atoms with Crippen LogP contribution in [0.15, 0.2) is 18.2 Å². The van der Waals surface area contributed by atoms with Gasteiger partial charge in [-0.05, 0) is 11.6 Å². The normalized spacial score (nSPS) is 23.0. The Balaban J connectivity index is 2.16. The minimum absolute atomic E-state index is 0.112. The third-order valence-corrected chi connectivity index (χ3v) is 4.09. The fourth-order valence-electron chi connectivity index (χ4n) is 2.91. The Morgan fingerprint density at radius 1 is 1.39 bits per heavy atom. The number of phenols is 1. The van der Waals surface area contributed by atoms with Crippen LogP contribution in [0.1, 0.15) is 23.2 Å². The number of hydrogen-bond donors (Lipinski definition) is 2. The fraction of sp³-hybridized carbons (Fsp3) is 0.333. The number of carbonyl (C=O) groups is 2. The second-order valence-electron chi connectivity index (χ2n) is 4.98. The zero-order valence-corrected chi connectivity index (χ0v) is 12.6. The summed E-state index contributed by atoms with van der Waals surface area (Å²) in [6.45, 7) is -0.112. The van der Waals surface area contributed by atoms with Gasteiger partial charge in [0, 0.05) is 5.56 Å². The summed E-state index contributed by atoms with van der Waals surface area (Å²) >= 11 is 0. The maximum absolute atomic E-state index is 12.3. The second kappa shape index (κ2) is 5.08. The number of benzene rings is 1. The fourth-order valence-corrected chi connectivity index (χ4v) is 3.28. The van der Waals surface area contributed by atoms with Crippen LogP contribution in [0.2, 0.25) is 0 Å². The molecule has 2 heterocycles. The van der Waals surface area contributed by atoms with Crippen LogP contribution in [-0.4, -0.2) is 53.7 Å². The Bertz CT molecular complexity index is 792. The van der Waals surface area contributed by atoms with Gasteiger partial charge in [0.05, 0.1) is 13.7 Å². The molecule has 10 nitrogen and oxygen atoms in total. The zero-order chi connectivity index (χ0) is 16.9. The molecular formula is C12H12N2O8S. The molecule has 0 aliphatic carbocycles. The maximum Gasteiger partial charge on any atom is 0.418 e. The SMILES string of the molecule is COC(=O)C1c2cccc(O)c2[C@H]2CN1C(=O)N2OS(=O)(=O)O. The Kier molecular flexibility index (Phi) is 3.43. The van der Waals surface area contributed by atoms with E-state index in [0.29, 0.717) is 10.6 Å². The van der Waals surface area contributed by atoms with Crippen LogP contribution in [0.5, 0.6) is 5.75 Å². The van der Waals surface area contributed by atoms with E-state index in [4.69, 9.17) is 4.55 Å². The van der Waals surface area contributed by atoms with Crippen molar-refractivity contribution in [3.8, 4) is 5.75 Å². The number of methoxy groups -OCH3 is 1. The van der Waals surface area contributed by atoms with Crippen LogP contribution in [-0.2, 0) is 24.2 Å². The lowest BCUT2D eigenvalue weighted by atomic mass is 9.90. The third-order valence-electron chi connectivity index (χ3n) is 3.74. The van der Waals surface area contributed by atoms with E-state index in [1.165, 1.54) is 18.2 Å². The Labute approximate surface area is 130 Å². The molecule has 2 N–H and O–H groups in total. The Morgan fingerprint density at radius 3 is 2.70 bits per heavy atom. The molecule has 1 fully saturated rings. The van der Waals surface area contributed by atoms with Crippen molar-refractivity contribution in [2.75, 3.05) is 13.7 Å². The van der Waals surface area contributed by atoms with Crippen LogP contribution < -0.4 is 0 Å². The van der Waals surface area contributed by atoms with E-state index in [1.807, 2.05) is 0 Å². The van der Waals surface area contributed by atoms with E-state index in [1.54, 1.807) is 0 Å². The molecule has 3 rings (SSSR count). The predicted molar refractivity (Wildman–Crippen MR) is 72.2 cm³/mol. The molecule has 2 aliphatic heterocycles. The highest BCUT2D eigenvalue weighted by molar-refractivity contribution is 7.80. The number of hydroxylamine groups is 2. The molecular weight excluding hydrogens is 332 g/mol. The quantitative estimate of drug-likeness (QED) is 0.584. The summed E-state index contributed by atoms with van der Waals surface area (Å²) < 4.78 is 39.7. The molecule has 23 heavy (non-hydrogen) atoms. The van der Waals surface area contributed by atoms with Crippen molar-refractivity contribution in [3.63, 3.8) is 0 Å². The average Bonchev–Trinajstić information content (AvgIpc) is 2.72. The Morgan fingerprint density at radius 2 is 2.09 bits per heavy atom. The average molecular weight is 344 g/mol. The number of aromatic hydroxyl groups is 1. The maximum atomic E-state index is 12.3. The van der Waals surface area contributed by atoms with Gasteiger partial charge >= 0.3 is 22.4 Å². The van der Waals surface area contributed by atoms with E-state index in [-0.39, 0.29) is 17.9 Å². The number of esters is 1. The van der Waals surface area contributed by atoms with Crippen molar-refractivity contribution in [1.82, 2.24) is 9.96 Å².